The number of allylic oxidation sites excluding steroid dienone is 5. The van der Waals surface area contributed by atoms with Crippen LogP contribution in [0.1, 0.15) is 59.8 Å². The first-order chi connectivity index (χ1) is 9.97. The van der Waals surface area contributed by atoms with Crippen LogP contribution in [0.3, 0.4) is 0 Å². The minimum absolute atomic E-state index is 0.0838. The Labute approximate surface area is 130 Å². The number of rotatable bonds is 0. The molecule has 0 unspecified atom stereocenters. The van der Waals surface area contributed by atoms with E-state index in [-0.39, 0.29) is 11.9 Å². The van der Waals surface area contributed by atoms with E-state index < -0.39 is 0 Å². The molecule has 0 saturated heterocycles. The summed E-state index contributed by atoms with van der Waals surface area (Å²) in [6, 6.07) is 0. The van der Waals surface area contributed by atoms with Gasteiger partial charge in [-0.25, -0.2) is 0 Å². The molecule has 0 amide bonds. The van der Waals surface area contributed by atoms with Gasteiger partial charge in [0.05, 0.1) is 6.61 Å². The van der Waals surface area contributed by atoms with Crippen LogP contribution >= 0.6 is 0 Å². The van der Waals surface area contributed by atoms with Crippen molar-refractivity contribution in [1.82, 2.24) is 0 Å². The minimum atomic E-state index is -0.0838. The summed E-state index contributed by atoms with van der Waals surface area (Å²) in [7, 11) is 0. The molecule has 0 radical (unpaired) electrons. The molecule has 1 heterocycles. The maximum Gasteiger partial charge on any atom is 0.306 e. The van der Waals surface area contributed by atoms with E-state index >= 15 is 0 Å². The maximum atomic E-state index is 11.7. The fourth-order valence-electron chi connectivity index (χ4n) is 2.46. The molecule has 118 valence electrons. The number of hydrogen-bond acceptors (Lipinski definition) is 2. The summed E-state index contributed by atoms with van der Waals surface area (Å²) < 4.78 is 5.32. The molecule has 0 bridgehead atoms. The van der Waals surface area contributed by atoms with Crippen LogP contribution in [0.2, 0.25) is 0 Å². The van der Waals surface area contributed by atoms with Crippen LogP contribution < -0.4 is 0 Å². The van der Waals surface area contributed by atoms with Crippen LogP contribution in [-0.4, -0.2) is 12.6 Å². The highest BCUT2D eigenvalue weighted by Crippen LogP contribution is 2.15. The van der Waals surface area contributed by atoms with E-state index in [4.69, 9.17) is 4.74 Å². The molecular formula is C19H30O2. The Bertz CT molecular complexity index is 415. The van der Waals surface area contributed by atoms with Crippen molar-refractivity contribution >= 4 is 5.97 Å². The summed E-state index contributed by atoms with van der Waals surface area (Å²) in [5.74, 6) is 0.768. The first-order valence-electron chi connectivity index (χ1n) is 8.12. The fraction of sp³-hybridized carbons (Fsp3) is 0.632. The Morgan fingerprint density at radius 1 is 1.05 bits per heavy atom. The second kappa shape index (κ2) is 9.59. The molecule has 0 aromatic rings. The summed E-state index contributed by atoms with van der Waals surface area (Å²) in [5.41, 5.74) is 2.74. The molecule has 0 aromatic carbocycles. The molecule has 21 heavy (non-hydrogen) atoms. The number of esters is 1. The maximum absolute atomic E-state index is 11.7. The summed E-state index contributed by atoms with van der Waals surface area (Å²) in [6.45, 7) is 9.14. The highest BCUT2D eigenvalue weighted by atomic mass is 16.5. The summed E-state index contributed by atoms with van der Waals surface area (Å²) in [6.07, 6.45) is 13.5. The molecule has 1 aliphatic rings. The third-order valence-electron chi connectivity index (χ3n) is 3.80. The van der Waals surface area contributed by atoms with Crippen molar-refractivity contribution in [2.24, 2.45) is 11.8 Å². The van der Waals surface area contributed by atoms with Crippen molar-refractivity contribution in [2.45, 2.75) is 59.8 Å². The zero-order valence-electron chi connectivity index (χ0n) is 14.0. The lowest BCUT2D eigenvalue weighted by Gasteiger charge is -2.10. The third kappa shape index (κ3) is 8.54. The Kier molecular flexibility index (Phi) is 8.11. The van der Waals surface area contributed by atoms with E-state index in [0.29, 0.717) is 18.9 Å². The summed E-state index contributed by atoms with van der Waals surface area (Å²) in [5, 5.41) is 0. The second-order valence-electron chi connectivity index (χ2n) is 6.40. The van der Waals surface area contributed by atoms with E-state index in [2.05, 4.69) is 52.0 Å². The van der Waals surface area contributed by atoms with Crippen LogP contribution in [0.25, 0.3) is 0 Å². The molecular weight excluding hydrogens is 260 g/mol. The SMILES string of the molecule is C/C1=C\[C@H](C)C/C=C/[C@@H](C)COC(=O)CC/C(C)=C/CC1. The molecule has 1 aliphatic heterocycles. The first-order valence-corrected chi connectivity index (χ1v) is 8.12. The van der Waals surface area contributed by atoms with Crippen molar-refractivity contribution in [2.75, 3.05) is 6.61 Å². The summed E-state index contributed by atoms with van der Waals surface area (Å²) in [4.78, 5) is 11.7. The molecule has 2 atom stereocenters. The average Bonchev–Trinajstić information content (AvgIpc) is 2.41. The quantitative estimate of drug-likeness (QED) is 0.452. The van der Waals surface area contributed by atoms with Crippen LogP contribution in [0.5, 0.6) is 0 Å². The largest absolute Gasteiger partial charge is 0.465 e. The lowest BCUT2D eigenvalue weighted by molar-refractivity contribution is -0.144. The molecule has 2 heteroatoms. The highest BCUT2D eigenvalue weighted by molar-refractivity contribution is 5.69. The van der Waals surface area contributed by atoms with Crippen molar-refractivity contribution in [3.63, 3.8) is 0 Å². The van der Waals surface area contributed by atoms with Gasteiger partial charge in [0, 0.05) is 12.3 Å². The van der Waals surface area contributed by atoms with Crippen LogP contribution in [0, 0.1) is 11.8 Å². The van der Waals surface area contributed by atoms with Gasteiger partial charge in [-0.15, -0.1) is 0 Å². The number of cyclic esters (lactones) is 1. The minimum Gasteiger partial charge on any atom is -0.465 e. The highest BCUT2D eigenvalue weighted by Gasteiger charge is 2.06. The standard InChI is InChI=1S/C19H30O2/c1-15-7-5-8-16(2)13-17(3)9-6-10-18(4)14-21-19(20)12-11-15/h6-7,10,13,17-18H,5,8-9,11-12,14H2,1-4H3/b10-6+,15-7+,16-13+/t17-,18-/m1/s1. The summed E-state index contributed by atoms with van der Waals surface area (Å²) >= 11 is 0. The Morgan fingerprint density at radius 3 is 2.57 bits per heavy atom. The van der Waals surface area contributed by atoms with Gasteiger partial charge < -0.3 is 4.74 Å². The van der Waals surface area contributed by atoms with E-state index in [1.807, 2.05) is 0 Å². The number of hydrogen-bond donors (Lipinski definition) is 0. The van der Waals surface area contributed by atoms with Gasteiger partial charge in [0.15, 0.2) is 0 Å². The topological polar surface area (TPSA) is 26.3 Å². The molecule has 0 spiro atoms. The molecule has 0 saturated carbocycles. The van der Waals surface area contributed by atoms with E-state index in [9.17, 15) is 4.79 Å². The van der Waals surface area contributed by atoms with Crippen LogP contribution in [-0.2, 0) is 9.53 Å². The van der Waals surface area contributed by atoms with E-state index in [1.54, 1.807) is 0 Å². The van der Waals surface area contributed by atoms with Gasteiger partial charge >= 0.3 is 5.97 Å². The van der Waals surface area contributed by atoms with Crippen LogP contribution in [0.4, 0.5) is 0 Å². The predicted molar refractivity (Wildman–Crippen MR) is 89.0 cm³/mol. The number of carbonyl (C=O) groups is 1. The molecule has 2 nitrogen and oxygen atoms in total. The molecule has 0 aromatic heterocycles. The fourth-order valence-corrected chi connectivity index (χ4v) is 2.46. The lowest BCUT2D eigenvalue weighted by Crippen LogP contribution is -2.10. The van der Waals surface area contributed by atoms with Crippen LogP contribution in [0.15, 0.2) is 35.5 Å². The average molecular weight is 290 g/mol. The van der Waals surface area contributed by atoms with Gasteiger partial charge in [0.25, 0.3) is 0 Å². The number of ether oxygens (including phenoxy) is 1. The van der Waals surface area contributed by atoms with Gasteiger partial charge in [-0.2, -0.15) is 0 Å². The van der Waals surface area contributed by atoms with Gasteiger partial charge in [-0.1, -0.05) is 49.3 Å². The second-order valence-corrected chi connectivity index (χ2v) is 6.40. The van der Waals surface area contributed by atoms with Crippen molar-refractivity contribution in [3.05, 3.63) is 35.5 Å². The normalized spacial score (nSPS) is 33.2. The molecule has 0 aliphatic carbocycles. The van der Waals surface area contributed by atoms with Crippen molar-refractivity contribution in [3.8, 4) is 0 Å². The first kappa shape index (κ1) is 17.7. The van der Waals surface area contributed by atoms with E-state index in [0.717, 1.165) is 25.7 Å². The van der Waals surface area contributed by atoms with Crippen molar-refractivity contribution < 1.29 is 9.53 Å². The smallest absolute Gasteiger partial charge is 0.306 e. The lowest BCUT2D eigenvalue weighted by atomic mass is 10.00. The van der Waals surface area contributed by atoms with E-state index in [1.165, 1.54) is 11.1 Å². The van der Waals surface area contributed by atoms with Crippen molar-refractivity contribution in [1.29, 1.82) is 0 Å². The Morgan fingerprint density at radius 2 is 1.81 bits per heavy atom. The van der Waals surface area contributed by atoms with Gasteiger partial charge in [0.1, 0.15) is 0 Å². The van der Waals surface area contributed by atoms with Gasteiger partial charge in [-0.3, -0.25) is 4.79 Å². The molecule has 0 fully saturated rings. The Balaban J connectivity index is 2.69. The predicted octanol–water partition coefficient (Wildman–Crippen LogP) is 5.21. The zero-order valence-corrected chi connectivity index (χ0v) is 14.0. The number of carbonyl (C=O) groups excluding carboxylic acids is 1. The monoisotopic (exact) mass is 290 g/mol. The third-order valence-corrected chi connectivity index (χ3v) is 3.80. The molecule has 0 N–H and O–H groups in total. The van der Waals surface area contributed by atoms with Gasteiger partial charge in [0.2, 0.25) is 0 Å². The zero-order chi connectivity index (χ0) is 15.7. The Hall–Kier alpha value is -1.31. The molecule has 1 rings (SSSR count). The van der Waals surface area contributed by atoms with Gasteiger partial charge in [-0.05, 0) is 45.4 Å².